The van der Waals surface area contributed by atoms with E-state index in [1.807, 2.05) is 42.5 Å². The maximum absolute atomic E-state index is 5.76. The van der Waals surface area contributed by atoms with E-state index in [1.165, 1.54) is 0 Å². The van der Waals surface area contributed by atoms with E-state index in [-0.39, 0.29) is 29.5 Å². The predicted octanol–water partition coefficient (Wildman–Crippen LogP) is 3.74. The van der Waals surface area contributed by atoms with Gasteiger partial charge in [0.15, 0.2) is 5.96 Å². The molecule has 0 aliphatic heterocycles. The lowest BCUT2D eigenvalue weighted by atomic mass is 10.1. The standard InChI is InChI=1S/C19H26N4O.HI/c1-19(2,3)23-18(20-4)22-13-16-10-11-21-17(12-16)24-14-15-8-6-5-7-9-15;/h5-12H,13-14H2,1-4H3,(H2,20,22,23);1H. The quantitative estimate of drug-likeness (QED) is 0.411. The zero-order chi connectivity index (χ0) is 17.4. The highest BCUT2D eigenvalue weighted by Gasteiger charge is 2.11. The minimum Gasteiger partial charge on any atom is -0.473 e. The van der Waals surface area contributed by atoms with Crippen LogP contribution in [0.1, 0.15) is 31.9 Å². The Hall–Kier alpha value is -1.83. The van der Waals surface area contributed by atoms with Crippen LogP contribution in [0.5, 0.6) is 5.88 Å². The third kappa shape index (κ3) is 8.20. The van der Waals surface area contributed by atoms with Gasteiger partial charge in [0.25, 0.3) is 0 Å². The normalized spacial score (nSPS) is 11.4. The van der Waals surface area contributed by atoms with E-state index in [2.05, 4.69) is 41.4 Å². The summed E-state index contributed by atoms with van der Waals surface area (Å²) in [4.78, 5) is 8.50. The largest absolute Gasteiger partial charge is 0.473 e. The van der Waals surface area contributed by atoms with Crippen molar-refractivity contribution in [2.24, 2.45) is 4.99 Å². The van der Waals surface area contributed by atoms with E-state index in [0.29, 0.717) is 19.0 Å². The van der Waals surface area contributed by atoms with Gasteiger partial charge in [0, 0.05) is 31.4 Å². The highest BCUT2D eigenvalue weighted by Crippen LogP contribution is 2.12. The molecule has 0 unspecified atom stereocenters. The first-order chi connectivity index (χ1) is 11.5. The molecule has 2 rings (SSSR count). The molecule has 0 fully saturated rings. The van der Waals surface area contributed by atoms with Crippen LogP contribution in [-0.4, -0.2) is 23.5 Å². The van der Waals surface area contributed by atoms with Crippen molar-refractivity contribution in [2.45, 2.75) is 39.5 Å². The SMILES string of the molecule is CN=C(NCc1ccnc(OCc2ccccc2)c1)NC(C)(C)C.I. The van der Waals surface area contributed by atoms with Gasteiger partial charge in [0.2, 0.25) is 5.88 Å². The van der Waals surface area contributed by atoms with E-state index in [0.717, 1.165) is 17.1 Å². The van der Waals surface area contributed by atoms with Gasteiger partial charge in [-0.3, -0.25) is 4.99 Å². The zero-order valence-electron chi connectivity index (χ0n) is 15.2. The summed E-state index contributed by atoms with van der Waals surface area (Å²) in [5.41, 5.74) is 2.17. The molecule has 0 saturated carbocycles. The van der Waals surface area contributed by atoms with Gasteiger partial charge in [0.05, 0.1) is 0 Å². The summed E-state index contributed by atoms with van der Waals surface area (Å²) in [6.07, 6.45) is 1.76. The maximum Gasteiger partial charge on any atom is 0.213 e. The summed E-state index contributed by atoms with van der Waals surface area (Å²) in [6.45, 7) is 7.46. The number of hydrogen-bond acceptors (Lipinski definition) is 3. The number of nitrogens with zero attached hydrogens (tertiary/aromatic N) is 2. The van der Waals surface area contributed by atoms with Crippen molar-refractivity contribution < 1.29 is 4.74 Å². The fourth-order valence-electron chi connectivity index (χ4n) is 2.09. The molecule has 2 N–H and O–H groups in total. The Morgan fingerprint density at radius 2 is 1.84 bits per heavy atom. The highest BCUT2D eigenvalue weighted by molar-refractivity contribution is 14.0. The molecular weight excluding hydrogens is 427 g/mol. The van der Waals surface area contributed by atoms with Crippen LogP contribution < -0.4 is 15.4 Å². The van der Waals surface area contributed by atoms with E-state index in [1.54, 1.807) is 13.2 Å². The Labute approximate surface area is 167 Å². The number of hydrogen-bond donors (Lipinski definition) is 2. The predicted molar refractivity (Wildman–Crippen MR) is 114 cm³/mol. The fourth-order valence-corrected chi connectivity index (χ4v) is 2.09. The average molecular weight is 454 g/mol. The van der Waals surface area contributed by atoms with Gasteiger partial charge < -0.3 is 15.4 Å². The second-order valence-corrected chi connectivity index (χ2v) is 6.58. The van der Waals surface area contributed by atoms with E-state index >= 15 is 0 Å². The maximum atomic E-state index is 5.76. The van der Waals surface area contributed by atoms with Crippen molar-refractivity contribution in [3.8, 4) is 5.88 Å². The first-order valence-electron chi connectivity index (χ1n) is 8.07. The molecule has 0 aliphatic rings. The number of aliphatic imine (C=N–C) groups is 1. The third-order valence-corrected chi connectivity index (χ3v) is 3.21. The Morgan fingerprint density at radius 3 is 2.48 bits per heavy atom. The molecule has 136 valence electrons. The van der Waals surface area contributed by atoms with Crippen molar-refractivity contribution in [3.63, 3.8) is 0 Å². The number of ether oxygens (including phenoxy) is 1. The molecule has 6 heteroatoms. The van der Waals surface area contributed by atoms with Crippen LogP contribution in [0.2, 0.25) is 0 Å². The first kappa shape index (κ1) is 21.2. The van der Waals surface area contributed by atoms with E-state index in [9.17, 15) is 0 Å². The van der Waals surface area contributed by atoms with Gasteiger partial charge >= 0.3 is 0 Å². The number of benzene rings is 1. The summed E-state index contributed by atoms with van der Waals surface area (Å²) in [7, 11) is 1.77. The molecule has 0 radical (unpaired) electrons. The smallest absolute Gasteiger partial charge is 0.213 e. The Kier molecular flexibility index (Phi) is 8.68. The second kappa shape index (κ2) is 10.2. The molecule has 2 aromatic rings. The molecule has 25 heavy (non-hydrogen) atoms. The van der Waals surface area contributed by atoms with Crippen molar-refractivity contribution in [1.29, 1.82) is 0 Å². The van der Waals surface area contributed by atoms with Crippen molar-refractivity contribution in [3.05, 3.63) is 59.8 Å². The second-order valence-electron chi connectivity index (χ2n) is 6.58. The summed E-state index contributed by atoms with van der Waals surface area (Å²) in [6, 6.07) is 14.0. The van der Waals surface area contributed by atoms with Crippen molar-refractivity contribution in [2.75, 3.05) is 7.05 Å². The molecule has 0 atom stereocenters. The average Bonchev–Trinajstić information content (AvgIpc) is 2.57. The van der Waals surface area contributed by atoms with Gasteiger partial charge in [-0.1, -0.05) is 30.3 Å². The minimum absolute atomic E-state index is 0. The molecular formula is C19H27IN4O. The van der Waals surface area contributed by atoms with Crippen molar-refractivity contribution >= 4 is 29.9 Å². The first-order valence-corrected chi connectivity index (χ1v) is 8.07. The van der Waals surface area contributed by atoms with Crippen LogP contribution in [0.15, 0.2) is 53.7 Å². The van der Waals surface area contributed by atoms with Crippen LogP contribution in [0.4, 0.5) is 0 Å². The number of guanidine groups is 1. The molecule has 0 saturated heterocycles. The Balaban J connectivity index is 0.00000312. The van der Waals surface area contributed by atoms with Gasteiger partial charge in [0.1, 0.15) is 6.61 Å². The van der Waals surface area contributed by atoms with Crippen LogP contribution in [-0.2, 0) is 13.2 Å². The molecule has 0 bridgehead atoms. The summed E-state index contributed by atoms with van der Waals surface area (Å²) >= 11 is 0. The molecule has 1 aromatic carbocycles. The lowest BCUT2D eigenvalue weighted by molar-refractivity contribution is 0.293. The Bertz CT molecular complexity index is 669. The number of aromatic nitrogens is 1. The molecule has 0 amide bonds. The van der Waals surface area contributed by atoms with E-state index in [4.69, 9.17) is 4.74 Å². The molecule has 0 spiro atoms. The number of halogens is 1. The highest BCUT2D eigenvalue weighted by atomic mass is 127. The van der Waals surface area contributed by atoms with Crippen LogP contribution in [0.25, 0.3) is 0 Å². The van der Waals surface area contributed by atoms with Crippen molar-refractivity contribution in [1.82, 2.24) is 15.6 Å². The molecule has 5 nitrogen and oxygen atoms in total. The van der Waals surface area contributed by atoms with Crippen LogP contribution in [0.3, 0.4) is 0 Å². The number of pyridine rings is 1. The van der Waals surface area contributed by atoms with Gasteiger partial charge in [-0.25, -0.2) is 4.98 Å². The minimum atomic E-state index is -0.0377. The third-order valence-electron chi connectivity index (χ3n) is 3.21. The molecule has 0 aliphatic carbocycles. The van der Waals surface area contributed by atoms with E-state index < -0.39 is 0 Å². The lowest BCUT2D eigenvalue weighted by Gasteiger charge is -2.23. The Morgan fingerprint density at radius 1 is 1.12 bits per heavy atom. The topological polar surface area (TPSA) is 58.5 Å². The van der Waals surface area contributed by atoms with Crippen LogP contribution in [0, 0.1) is 0 Å². The summed E-state index contributed by atoms with van der Waals surface area (Å²) < 4.78 is 5.76. The lowest BCUT2D eigenvalue weighted by Crippen LogP contribution is -2.47. The monoisotopic (exact) mass is 454 g/mol. The fraction of sp³-hybridized carbons (Fsp3) is 0.368. The zero-order valence-corrected chi connectivity index (χ0v) is 17.6. The number of nitrogens with one attached hydrogen (secondary N) is 2. The summed E-state index contributed by atoms with van der Waals surface area (Å²) in [5.74, 6) is 1.39. The van der Waals surface area contributed by atoms with Crippen LogP contribution >= 0.6 is 24.0 Å². The van der Waals surface area contributed by atoms with Gasteiger partial charge in [-0.05, 0) is 38.0 Å². The number of rotatable bonds is 5. The molecule has 1 heterocycles. The van der Waals surface area contributed by atoms with Gasteiger partial charge in [-0.15, -0.1) is 24.0 Å². The van der Waals surface area contributed by atoms with Gasteiger partial charge in [-0.2, -0.15) is 0 Å². The summed E-state index contributed by atoms with van der Waals surface area (Å²) in [5, 5.41) is 6.63. The molecule has 1 aromatic heterocycles.